The van der Waals surface area contributed by atoms with Gasteiger partial charge in [-0.15, -0.1) is 0 Å². The van der Waals surface area contributed by atoms with Crippen LogP contribution in [0.4, 0.5) is 0 Å². The Labute approximate surface area is 469 Å². The largest absolute Gasteiger partial charge is 0.472 e. The van der Waals surface area contributed by atoms with Gasteiger partial charge >= 0.3 is 19.8 Å². The molecule has 0 aromatic carbocycles. The predicted octanol–water partition coefficient (Wildman–Crippen LogP) is 19.8. The number of unbranched alkanes of at least 4 members (excludes halogenated alkanes) is 29. The maximum absolute atomic E-state index is 12.8. The Bertz CT molecular complexity index is 1560. The standard InChI is InChI=1S/C66H118NO8P/c1-6-8-10-12-14-16-18-20-22-24-26-28-30-32-33-35-36-38-40-42-44-46-48-50-52-54-56-58-65(68)72-62-64(63-74-76(70,71)73-61-60-67(3,4)5)75-66(69)59-57-55-53-51-49-47-45-43-41-39-37-34-31-29-27-25-23-21-19-17-15-13-11-9-7-2/h9,11,15,17-18,20-21,23-24,26-27,29,34,37,64H,6-8,10,12-14,16,19,22,25,28,30-33,35-36,38-63H2,1-5H3/p+1/b11-9-,17-15-,20-18-,23-21-,26-24-,29-27-,37-34-. The average Bonchev–Trinajstić information content (AvgIpc) is 3.38. The quantitative estimate of drug-likeness (QED) is 0.0211. The fourth-order valence-electron chi connectivity index (χ4n) is 8.60. The molecule has 0 aliphatic carbocycles. The van der Waals surface area contributed by atoms with E-state index in [1.165, 1.54) is 154 Å². The van der Waals surface area contributed by atoms with E-state index in [0.717, 1.165) is 83.5 Å². The number of phosphoric acid groups is 1. The van der Waals surface area contributed by atoms with E-state index in [0.29, 0.717) is 17.4 Å². The maximum Gasteiger partial charge on any atom is 0.472 e. The van der Waals surface area contributed by atoms with Crippen LogP contribution in [-0.2, 0) is 32.7 Å². The molecule has 0 saturated heterocycles. The molecule has 0 saturated carbocycles. The molecule has 0 aliphatic heterocycles. The van der Waals surface area contributed by atoms with Gasteiger partial charge in [-0.05, 0) is 89.9 Å². The van der Waals surface area contributed by atoms with Crippen LogP contribution in [0, 0.1) is 0 Å². The molecule has 1 N–H and O–H groups in total. The first-order chi connectivity index (χ1) is 37.0. The third kappa shape index (κ3) is 60.4. The topological polar surface area (TPSA) is 108 Å². The number of allylic oxidation sites excluding steroid dienone is 14. The van der Waals surface area contributed by atoms with E-state index in [1.807, 2.05) is 21.1 Å². The van der Waals surface area contributed by atoms with Gasteiger partial charge in [0.25, 0.3) is 0 Å². The zero-order chi connectivity index (χ0) is 55.6. The summed E-state index contributed by atoms with van der Waals surface area (Å²) in [6.45, 7) is 4.32. The molecule has 76 heavy (non-hydrogen) atoms. The number of ether oxygens (including phenoxy) is 2. The second-order valence-electron chi connectivity index (χ2n) is 22.1. The van der Waals surface area contributed by atoms with Crippen molar-refractivity contribution in [3.05, 3.63) is 85.1 Å². The molecule has 0 amide bonds. The minimum atomic E-state index is -4.39. The fraction of sp³-hybridized carbons (Fsp3) is 0.758. The number of nitrogens with zero attached hydrogens (tertiary/aromatic N) is 1. The van der Waals surface area contributed by atoms with Crippen molar-refractivity contribution in [2.24, 2.45) is 0 Å². The number of phosphoric ester groups is 1. The Hall–Kier alpha value is -2.81. The maximum atomic E-state index is 12.8. The summed E-state index contributed by atoms with van der Waals surface area (Å²) in [7, 11) is 1.47. The summed E-state index contributed by atoms with van der Waals surface area (Å²) in [5.41, 5.74) is 0. The zero-order valence-corrected chi connectivity index (χ0v) is 50.9. The molecule has 0 aliphatic rings. The third-order valence-corrected chi connectivity index (χ3v) is 14.4. The van der Waals surface area contributed by atoms with Crippen LogP contribution in [-0.4, -0.2) is 74.9 Å². The van der Waals surface area contributed by atoms with Gasteiger partial charge in [0.05, 0.1) is 27.7 Å². The van der Waals surface area contributed by atoms with Crippen LogP contribution in [0.25, 0.3) is 0 Å². The van der Waals surface area contributed by atoms with Crippen molar-refractivity contribution in [1.29, 1.82) is 0 Å². The van der Waals surface area contributed by atoms with Gasteiger partial charge in [0, 0.05) is 12.8 Å². The van der Waals surface area contributed by atoms with Crippen molar-refractivity contribution in [1.82, 2.24) is 0 Å². The highest BCUT2D eigenvalue weighted by molar-refractivity contribution is 7.47. The van der Waals surface area contributed by atoms with Gasteiger partial charge in [0.15, 0.2) is 6.10 Å². The lowest BCUT2D eigenvalue weighted by atomic mass is 10.0. The number of hydrogen-bond donors (Lipinski definition) is 1. The van der Waals surface area contributed by atoms with Gasteiger partial charge in [-0.1, -0.05) is 253 Å². The van der Waals surface area contributed by atoms with Gasteiger partial charge < -0.3 is 18.9 Å². The van der Waals surface area contributed by atoms with E-state index in [-0.39, 0.29) is 32.0 Å². The molecule has 9 nitrogen and oxygen atoms in total. The molecule has 0 radical (unpaired) electrons. The van der Waals surface area contributed by atoms with E-state index >= 15 is 0 Å². The fourth-order valence-corrected chi connectivity index (χ4v) is 9.34. The number of carbonyl (C=O) groups excluding carboxylic acids is 2. The molecule has 0 fully saturated rings. The Kier molecular flexibility index (Phi) is 54.8. The summed E-state index contributed by atoms with van der Waals surface area (Å²) in [5.74, 6) is -0.800. The Morgan fingerprint density at radius 3 is 1.12 bits per heavy atom. The number of likely N-dealkylation sites (N-methyl/N-ethyl adjacent to an activating group) is 1. The number of hydrogen-bond acceptors (Lipinski definition) is 7. The summed E-state index contributed by atoms with van der Waals surface area (Å²) in [4.78, 5) is 35.8. The second-order valence-corrected chi connectivity index (χ2v) is 23.5. The van der Waals surface area contributed by atoms with Crippen molar-refractivity contribution in [2.45, 2.75) is 277 Å². The van der Waals surface area contributed by atoms with Crippen LogP contribution in [0.15, 0.2) is 85.1 Å². The van der Waals surface area contributed by atoms with E-state index in [9.17, 15) is 19.0 Å². The Balaban J connectivity index is 4.13. The Morgan fingerprint density at radius 1 is 0.421 bits per heavy atom. The lowest BCUT2D eigenvalue weighted by Gasteiger charge is -2.24. The van der Waals surface area contributed by atoms with E-state index in [2.05, 4.69) is 98.9 Å². The summed E-state index contributed by atoms with van der Waals surface area (Å²) >= 11 is 0. The number of esters is 2. The van der Waals surface area contributed by atoms with Gasteiger partial charge in [-0.3, -0.25) is 18.6 Å². The first kappa shape index (κ1) is 73.2. The second kappa shape index (κ2) is 56.9. The first-order valence-electron chi connectivity index (χ1n) is 31.3. The van der Waals surface area contributed by atoms with E-state index < -0.39 is 26.5 Å². The highest BCUT2D eigenvalue weighted by Crippen LogP contribution is 2.43. The summed E-state index contributed by atoms with van der Waals surface area (Å²) in [6.07, 6.45) is 76.6. The Morgan fingerprint density at radius 2 is 0.750 bits per heavy atom. The van der Waals surface area contributed by atoms with Crippen LogP contribution < -0.4 is 0 Å². The van der Waals surface area contributed by atoms with Crippen LogP contribution in [0.5, 0.6) is 0 Å². The van der Waals surface area contributed by atoms with Crippen molar-refractivity contribution < 1.29 is 42.1 Å². The molecule has 2 atom stereocenters. The molecular formula is C66H119NO8P+. The predicted molar refractivity (Wildman–Crippen MR) is 325 cm³/mol. The monoisotopic (exact) mass is 1080 g/mol. The van der Waals surface area contributed by atoms with Crippen molar-refractivity contribution in [2.75, 3.05) is 47.5 Å². The third-order valence-electron chi connectivity index (χ3n) is 13.4. The molecule has 2 unspecified atom stereocenters. The molecular weight excluding hydrogens is 966 g/mol. The van der Waals surface area contributed by atoms with Crippen molar-refractivity contribution >= 4 is 19.8 Å². The van der Waals surface area contributed by atoms with Gasteiger partial charge in [0.1, 0.15) is 19.8 Å². The zero-order valence-electron chi connectivity index (χ0n) is 50.0. The average molecular weight is 1090 g/mol. The molecule has 0 rings (SSSR count). The smallest absolute Gasteiger partial charge is 0.462 e. The number of carbonyl (C=O) groups is 2. The van der Waals surface area contributed by atoms with E-state index in [1.54, 1.807) is 0 Å². The minimum absolute atomic E-state index is 0.0275. The summed E-state index contributed by atoms with van der Waals surface area (Å²) in [6, 6.07) is 0. The number of rotatable bonds is 57. The highest BCUT2D eigenvalue weighted by atomic mass is 31.2. The van der Waals surface area contributed by atoms with E-state index in [4.69, 9.17) is 18.5 Å². The highest BCUT2D eigenvalue weighted by Gasteiger charge is 2.27. The molecule has 0 aromatic heterocycles. The SMILES string of the molecule is CC/C=C\C/C=C\C/C=C\C/C=C\C/C=C\CCCCCCCCCCCC(=O)OC(COC(=O)CCCCCCCCCCCCCCCCC/C=C\C/C=C\CCCCCCC)COP(=O)(O)OCC[N+](C)(C)C. The minimum Gasteiger partial charge on any atom is -0.462 e. The molecule has 440 valence electrons. The molecule has 0 aromatic rings. The normalized spacial score (nSPS) is 13.8. The first-order valence-corrected chi connectivity index (χ1v) is 32.8. The summed E-state index contributed by atoms with van der Waals surface area (Å²) < 4.78 is 34.6. The van der Waals surface area contributed by atoms with Gasteiger partial charge in [-0.25, -0.2) is 4.57 Å². The molecule has 0 bridgehead atoms. The van der Waals surface area contributed by atoms with Crippen LogP contribution in [0.2, 0.25) is 0 Å². The van der Waals surface area contributed by atoms with Crippen LogP contribution >= 0.6 is 7.82 Å². The molecule has 0 spiro atoms. The number of quaternary nitrogens is 1. The van der Waals surface area contributed by atoms with Crippen molar-refractivity contribution in [3.63, 3.8) is 0 Å². The van der Waals surface area contributed by atoms with Crippen LogP contribution in [0.3, 0.4) is 0 Å². The van der Waals surface area contributed by atoms with Crippen molar-refractivity contribution in [3.8, 4) is 0 Å². The van der Waals surface area contributed by atoms with Gasteiger partial charge in [0.2, 0.25) is 0 Å². The molecule has 10 heteroatoms. The van der Waals surface area contributed by atoms with Gasteiger partial charge in [-0.2, -0.15) is 0 Å². The summed E-state index contributed by atoms with van der Waals surface area (Å²) in [5, 5.41) is 0. The van der Waals surface area contributed by atoms with Crippen LogP contribution in [0.1, 0.15) is 271 Å². The molecule has 0 heterocycles. The lowest BCUT2D eigenvalue weighted by molar-refractivity contribution is -0.870. The lowest BCUT2D eigenvalue weighted by Crippen LogP contribution is -2.37.